The third kappa shape index (κ3) is 1.67. The predicted molar refractivity (Wildman–Crippen MR) is 78.4 cm³/mol. The molecule has 3 rings (SSSR count). The standard InChI is InChI=1S/C13H10S3/c14-9-5-4-8-7-16-12-3-1-2-11(15)13(12)10(8)6-9/h1-7,12,14-15H. The van der Waals surface area contributed by atoms with Crippen LogP contribution < -0.4 is 10.4 Å². The van der Waals surface area contributed by atoms with Crippen LogP contribution in [0.2, 0.25) is 0 Å². The summed E-state index contributed by atoms with van der Waals surface area (Å²) in [5, 5.41) is 5.15. The molecule has 1 heterocycles. The Hall–Kier alpha value is -0.510. The maximum absolute atomic E-state index is 4.56. The second-order valence-corrected chi connectivity index (χ2v) is 5.81. The van der Waals surface area contributed by atoms with Crippen LogP contribution in [0.5, 0.6) is 0 Å². The molecule has 0 radical (unpaired) electrons. The van der Waals surface area contributed by atoms with Crippen LogP contribution in [0, 0.1) is 0 Å². The lowest BCUT2D eigenvalue weighted by molar-refractivity contribution is 1.31. The van der Waals surface area contributed by atoms with E-state index in [1.165, 1.54) is 16.0 Å². The molecule has 0 aromatic heterocycles. The minimum Gasteiger partial charge on any atom is -0.143 e. The van der Waals surface area contributed by atoms with Crippen LogP contribution in [-0.2, 0) is 0 Å². The summed E-state index contributed by atoms with van der Waals surface area (Å²) in [7, 11) is 0. The van der Waals surface area contributed by atoms with E-state index in [0.29, 0.717) is 5.25 Å². The molecule has 0 spiro atoms. The largest absolute Gasteiger partial charge is 0.143 e. The molecule has 0 fully saturated rings. The Balaban J connectivity index is 2.42. The highest BCUT2D eigenvalue weighted by Crippen LogP contribution is 2.33. The van der Waals surface area contributed by atoms with Crippen molar-refractivity contribution < 1.29 is 0 Å². The van der Waals surface area contributed by atoms with Gasteiger partial charge in [-0.25, -0.2) is 0 Å². The van der Waals surface area contributed by atoms with E-state index in [9.17, 15) is 0 Å². The molecule has 1 aromatic rings. The summed E-state index contributed by atoms with van der Waals surface area (Å²) >= 11 is 10.8. The van der Waals surface area contributed by atoms with Gasteiger partial charge in [0.2, 0.25) is 0 Å². The van der Waals surface area contributed by atoms with Crippen molar-refractivity contribution in [1.82, 2.24) is 0 Å². The highest BCUT2D eigenvalue weighted by atomic mass is 32.2. The Bertz CT molecular complexity index is 623. The van der Waals surface area contributed by atoms with Gasteiger partial charge in [-0.1, -0.05) is 18.2 Å². The molecule has 1 aliphatic carbocycles. The van der Waals surface area contributed by atoms with Gasteiger partial charge in [-0.3, -0.25) is 0 Å². The molecule has 1 aliphatic heterocycles. The van der Waals surface area contributed by atoms with E-state index in [-0.39, 0.29) is 0 Å². The zero-order chi connectivity index (χ0) is 11.1. The number of fused-ring (bicyclic) bond motifs is 2. The molecule has 3 heteroatoms. The molecule has 1 unspecified atom stereocenters. The van der Waals surface area contributed by atoms with Gasteiger partial charge in [0.05, 0.1) is 5.25 Å². The van der Waals surface area contributed by atoms with Gasteiger partial charge in [0.15, 0.2) is 0 Å². The molecule has 0 saturated heterocycles. The fraction of sp³-hybridized carbons (Fsp3) is 0.0769. The number of allylic oxidation sites excluding steroid dienone is 3. The molecular formula is C13H10S3. The first-order valence-electron chi connectivity index (χ1n) is 5.02. The molecule has 0 N–H and O–H groups in total. The van der Waals surface area contributed by atoms with Crippen LogP contribution in [-0.4, -0.2) is 5.25 Å². The summed E-state index contributed by atoms with van der Waals surface area (Å²) in [6, 6.07) is 6.27. The minimum absolute atomic E-state index is 0.403. The fourth-order valence-corrected chi connectivity index (χ4v) is 3.72. The van der Waals surface area contributed by atoms with Crippen LogP contribution in [0.15, 0.2) is 46.2 Å². The molecule has 0 bridgehead atoms. The Morgan fingerprint density at radius 2 is 2.06 bits per heavy atom. The number of thiol groups is 2. The molecule has 1 aromatic carbocycles. The number of thioether (sulfide) groups is 1. The van der Waals surface area contributed by atoms with E-state index in [2.05, 4.69) is 61.0 Å². The minimum atomic E-state index is 0.403. The van der Waals surface area contributed by atoms with Crippen molar-refractivity contribution in [3.63, 3.8) is 0 Å². The number of hydrogen-bond acceptors (Lipinski definition) is 3. The van der Waals surface area contributed by atoms with Gasteiger partial charge in [0.25, 0.3) is 0 Å². The van der Waals surface area contributed by atoms with Crippen molar-refractivity contribution in [3.05, 3.63) is 51.8 Å². The lowest BCUT2D eigenvalue weighted by atomic mass is 10.0. The van der Waals surface area contributed by atoms with Crippen molar-refractivity contribution in [2.24, 2.45) is 0 Å². The Kier molecular flexibility index (Phi) is 2.70. The highest BCUT2D eigenvalue weighted by Gasteiger charge is 2.19. The van der Waals surface area contributed by atoms with Gasteiger partial charge in [0.1, 0.15) is 0 Å². The SMILES string of the molecule is SC1=CC=CC2SC=c3ccc(S)cc3=C12. The normalized spacial score (nSPS) is 22.0. The maximum Gasteiger partial charge on any atom is 0.0539 e. The zero-order valence-electron chi connectivity index (χ0n) is 8.42. The van der Waals surface area contributed by atoms with Gasteiger partial charge in [-0.2, -0.15) is 0 Å². The predicted octanol–water partition coefficient (Wildman–Crippen LogP) is 2.36. The molecule has 16 heavy (non-hydrogen) atoms. The first-order valence-corrected chi connectivity index (χ1v) is 6.86. The van der Waals surface area contributed by atoms with Gasteiger partial charge in [-0.05, 0) is 39.6 Å². The van der Waals surface area contributed by atoms with E-state index in [4.69, 9.17) is 0 Å². The second-order valence-electron chi connectivity index (χ2n) is 3.80. The lowest BCUT2D eigenvalue weighted by Gasteiger charge is -2.21. The topological polar surface area (TPSA) is 0 Å². The zero-order valence-corrected chi connectivity index (χ0v) is 11.0. The van der Waals surface area contributed by atoms with E-state index in [1.54, 1.807) is 0 Å². The smallest absolute Gasteiger partial charge is 0.0539 e. The fourth-order valence-electron chi connectivity index (χ4n) is 2.01. The summed E-state index contributed by atoms with van der Waals surface area (Å²) < 4.78 is 0. The molecule has 0 nitrogen and oxygen atoms in total. The summed E-state index contributed by atoms with van der Waals surface area (Å²) in [5.41, 5.74) is 1.31. The summed E-state index contributed by atoms with van der Waals surface area (Å²) in [6.45, 7) is 0. The monoisotopic (exact) mass is 262 g/mol. The molecule has 1 atom stereocenters. The van der Waals surface area contributed by atoms with Crippen LogP contribution >= 0.6 is 37.0 Å². The van der Waals surface area contributed by atoms with Crippen LogP contribution in [0.25, 0.3) is 11.0 Å². The summed E-state index contributed by atoms with van der Waals surface area (Å²) in [4.78, 5) is 2.06. The van der Waals surface area contributed by atoms with Gasteiger partial charge in [0, 0.05) is 9.80 Å². The van der Waals surface area contributed by atoms with E-state index in [0.717, 1.165) is 9.80 Å². The van der Waals surface area contributed by atoms with E-state index < -0.39 is 0 Å². The average Bonchev–Trinajstić information content (AvgIpc) is 2.28. The van der Waals surface area contributed by atoms with Crippen molar-refractivity contribution in [2.75, 3.05) is 0 Å². The van der Waals surface area contributed by atoms with Crippen molar-refractivity contribution in [3.8, 4) is 0 Å². The van der Waals surface area contributed by atoms with Crippen molar-refractivity contribution in [2.45, 2.75) is 10.1 Å². The highest BCUT2D eigenvalue weighted by molar-refractivity contribution is 8.07. The van der Waals surface area contributed by atoms with E-state index >= 15 is 0 Å². The maximum atomic E-state index is 4.56. The molecular weight excluding hydrogens is 252 g/mol. The number of benzene rings is 1. The first-order chi connectivity index (χ1) is 7.75. The van der Waals surface area contributed by atoms with Crippen LogP contribution in [0.4, 0.5) is 0 Å². The second kappa shape index (κ2) is 4.06. The van der Waals surface area contributed by atoms with Gasteiger partial charge in [-0.15, -0.1) is 37.0 Å². The third-order valence-electron chi connectivity index (χ3n) is 2.77. The average molecular weight is 262 g/mol. The third-order valence-corrected chi connectivity index (χ3v) is 4.51. The quantitative estimate of drug-likeness (QED) is 0.677. The van der Waals surface area contributed by atoms with Crippen molar-refractivity contribution in [1.29, 1.82) is 0 Å². The first kappa shape index (κ1) is 10.6. The Labute approximate surface area is 110 Å². The summed E-state index contributed by atoms with van der Waals surface area (Å²) in [5.74, 6) is 0. The molecule has 0 saturated carbocycles. The van der Waals surface area contributed by atoms with Crippen molar-refractivity contribution >= 4 is 48.0 Å². The molecule has 0 amide bonds. The van der Waals surface area contributed by atoms with Gasteiger partial charge < -0.3 is 0 Å². The lowest BCUT2D eigenvalue weighted by Crippen LogP contribution is -2.33. The Morgan fingerprint density at radius 1 is 1.19 bits per heavy atom. The summed E-state index contributed by atoms with van der Waals surface area (Å²) in [6.07, 6.45) is 6.34. The van der Waals surface area contributed by atoms with E-state index in [1.807, 2.05) is 17.8 Å². The number of rotatable bonds is 0. The Morgan fingerprint density at radius 3 is 2.94 bits per heavy atom. The molecule has 80 valence electrons. The van der Waals surface area contributed by atoms with Gasteiger partial charge >= 0.3 is 0 Å². The molecule has 2 aliphatic rings. The number of hydrogen-bond donors (Lipinski definition) is 2. The van der Waals surface area contributed by atoms with Crippen LogP contribution in [0.3, 0.4) is 0 Å². The van der Waals surface area contributed by atoms with Crippen LogP contribution in [0.1, 0.15) is 0 Å².